The molecule has 0 heterocycles. The number of benzene rings is 1. The predicted molar refractivity (Wildman–Crippen MR) is 60.2 cm³/mol. The Bertz CT molecular complexity index is 368. The summed E-state index contributed by atoms with van der Waals surface area (Å²) in [4.78, 5) is 11.3. The number of halogens is 2. The quantitative estimate of drug-likeness (QED) is 0.525. The smallest absolute Gasteiger partial charge is 0.179 e. The SMILES string of the molecule is COc1cc(N)c(C(=O)CCl)cc1Br. The van der Waals surface area contributed by atoms with E-state index in [1.165, 1.54) is 7.11 Å². The van der Waals surface area contributed by atoms with Crippen LogP contribution < -0.4 is 10.5 Å². The van der Waals surface area contributed by atoms with Crippen molar-refractivity contribution in [3.8, 4) is 5.75 Å². The number of nitrogen functional groups attached to an aromatic ring is 1. The molecule has 5 heteroatoms. The minimum atomic E-state index is -0.201. The summed E-state index contributed by atoms with van der Waals surface area (Å²) in [5, 5.41) is 0. The van der Waals surface area contributed by atoms with Gasteiger partial charge in [-0.25, -0.2) is 0 Å². The van der Waals surface area contributed by atoms with Crippen LogP contribution in [0.3, 0.4) is 0 Å². The first kappa shape index (κ1) is 11.3. The van der Waals surface area contributed by atoms with Crippen molar-refractivity contribution in [2.75, 3.05) is 18.7 Å². The van der Waals surface area contributed by atoms with Crippen LogP contribution in [0.1, 0.15) is 10.4 Å². The molecule has 2 N–H and O–H groups in total. The highest BCUT2D eigenvalue weighted by Crippen LogP contribution is 2.30. The molecule has 0 amide bonds. The van der Waals surface area contributed by atoms with Crippen molar-refractivity contribution in [2.45, 2.75) is 0 Å². The van der Waals surface area contributed by atoms with Gasteiger partial charge in [0.1, 0.15) is 5.75 Å². The van der Waals surface area contributed by atoms with E-state index in [0.29, 0.717) is 21.5 Å². The maximum absolute atomic E-state index is 11.3. The molecule has 14 heavy (non-hydrogen) atoms. The fraction of sp³-hybridized carbons (Fsp3) is 0.222. The molecule has 76 valence electrons. The maximum Gasteiger partial charge on any atom is 0.179 e. The van der Waals surface area contributed by atoms with Crippen LogP contribution in [0, 0.1) is 0 Å². The average Bonchev–Trinajstić information content (AvgIpc) is 2.19. The fourth-order valence-corrected chi connectivity index (χ4v) is 1.69. The van der Waals surface area contributed by atoms with E-state index in [2.05, 4.69) is 15.9 Å². The summed E-state index contributed by atoms with van der Waals surface area (Å²) in [5.74, 6) is 0.310. The molecular weight excluding hydrogens is 269 g/mol. The first-order valence-corrected chi connectivity index (χ1v) is 5.15. The standard InChI is InChI=1S/C9H9BrClNO2/c1-14-9-3-7(12)5(2-6(9)10)8(13)4-11/h2-3H,4,12H2,1H3. The monoisotopic (exact) mass is 277 g/mol. The molecule has 0 aliphatic carbocycles. The first-order valence-electron chi connectivity index (χ1n) is 3.82. The molecule has 0 saturated heterocycles. The van der Waals surface area contributed by atoms with E-state index < -0.39 is 0 Å². The van der Waals surface area contributed by atoms with Crippen molar-refractivity contribution in [1.82, 2.24) is 0 Å². The number of ketones is 1. The molecule has 0 aliphatic heterocycles. The number of Topliss-reactive ketones (excluding diaryl/α,β-unsaturated/α-hetero) is 1. The van der Waals surface area contributed by atoms with Crippen molar-refractivity contribution < 1.29 is 9.53 Å². The summed E-state index contributed by atoms with van der Waals surface area (Å²) in [6, 6.07) is 3.20. The molecule has 0 atom stereocenters. The number of alkyl halides is 1. The van der Waals surface area contributed by atoms with Crippen LogP contribution in [-0.4, -0.2) is 18.8 Å². The lowest BCUT2D eigenvalue weighted by Crippen LogP contribution is -2.05. The Kier molecular flexibility index (Phi) is 3.77. The molecule has 3 nitrogen and oxygen atoms in total. The van der Waals surface area contributed by atoms with Gasteiger partial charge in [-0.1, -0.05) is 0 Å². The molecule has 1 aromatic carbocycles. The van der Waals surface area contributed by atoms with Crippen molar-refractivity contribution in [2.24, 2.45) is 0 Å². The highest BCUT2D eigenvalue weighted by atomic mass is 79.9. The topological polar surface area (TPSA) is 52.3 Å². The number of ether oxygens (including phenoxy) is 1. The second-order valence-electron chi connectivity index (χ2n) is 2.63. The van der Waals surface area contributed by atoms with E-state index in [9.17, 15) is 4.79 Å². The Morgan fingerprint density at radius 3 is 2.79 bits per heavy atom. The van der Waals surface area contributed by atoms with Gasteiger partial charge in [-0.2, -0.15) is 0 Å². The number of hydrogen-bond donors (Lipinski definition) is 1. The molecule has 0 spiro atoms. The molecule has 0 fully saturated rings. The summed E-state index contributed by atoms with van der Waals surface area (Å²) in [5.41, 5.74) is 6.44. The zero-order valence-electron chi connectivity index (χ0n) is 7.51. The van der Waals surface area contributed by atoms with E-state index in [4.69, 9.17) is 22.1 Å². The minimum Gasteiger partial charge on any atom is -0.495 e. The van der Waals surface area contributed by atoms with Gasteiger partial charge in [0.15, 0.2) is 5.78 Å². The Morgan fingerprint density at radius 1 is 1.64 bits per heavy atom. The van der Waals surface area contributed by atoms with E-state index in [0.717, 1.165) is 0 Å². The Labute approximate surface area is 95.3 Å². The number of nitrogens with two attached hydrogens (primary N) is 1. The molecular formula is C9H9BrClNO2. The van der Waals surface area contributed by atoms with Gasteiger partial charge in [-0.05, 0) is 22.0 Å². The normalized spacial score (nSPS) is 9.93. The Morgan fingerprint density at radius 2 is 2.29 bits per heavy atom. The molecule has 1 rings (SSSR count). The summed E-state index contributed by atoms with van der Waals surface area (Å²) >= 11 is 8.70. The van der Waals surface area contributed by atoms with E-state index in [1.54, 1.807) is 12.1 Å². The van der Waals surface area contributed by atoms with Gasteiger partial charge in [0.05, 0.1) is 17.5 Å². The molecule has 0 aromatic heterocycles. The zero-order valence-corrected chi connectivity index (χ0v) is 9.85. The second-order valence-corrected chi connectivity index (χ2v) is 3.75. The molecule has 0 saturated carbocycles. The fourth-order valence-electron chi connectivity index (χ4n) is 1.04. The maximum atomic E-state index is 11.3. The van der Waals surface area contributed by atoms with Crippen LogP contribution in [0.25, 0.3) is 0 Å². The minimum absolute atomic E-state index is 0.0804. The number of rotatable bonds is 3. The van der Waals surface area contributed by atoms with Gasteiger partial charge in [-0.15, -0.1) is 11.6 Å². The summed E-state index contributed by atoms with van der Waals surface area (Å²) in [6.45, 7) is 0. The number of carbonyl (C=O) groups is 1. The van der Waals surface area contributed by atoms with E-state index >= 15 is 0 Å². The van der Waals surface area contributed by atoms with Crippen LogP contribution in [0.15, 0.2) is 16.6 Å². The molecule has 1 aromatic rings. The highest BCUT2D eigenvalue weighted by molar-refractivity contribution is 9.10. The van der Waals surface area contributed by atoms with Crippen molar-refractivity contribution in [1.29, 1.82) is 0 Å². The highest BCUT2D eigenvalue weighted by Gasteiger charge is 2.12. The van der Waals surface area contributed by atoms with E-state index in [-0.39, 0.29) is 11.7 Å². The largest absolute Gasteiger partial charge is 0.495 e. The third-order valence-electron chi connectivity index (χ3n) is 1.75. The number of carbonyl (C=O) groups excluding carboxylic acids is 1. The van der Waals surface area contributed by atoms with Gasteiger partial charge in [0, 0.05) is 17.3 Å². The summed E-state index contributed by atoms with van der Waals surface area (Å²) in [7, 11) is 1.53. The van der Waals surface area contributed by atoms with Gasteiger partial charge in [-0.3, -0.25) is 4.79 Å². The lowest BCUT2D eigenvalue weighted by molar-refractivity contribution is 0.102. The molecule has 0 unspecified atom stereocenters. The number of anilines is 1. The Hall–Kier alpha value is -0.740. The van der Waals surface area contributed by atoms with Gasteiger partial charge in [0.25, 0.3) is 0 Å². The van der Waals surface area contributed by atoms with Gasteiger partial charge >= 0.3 is 0 Å². The number of hydrogen-bond acceptors (Lipinski definition) is 3. The van der Waals surface area contributed by atoms with Crippen molar-refractivity contribution in [3.05, 3.63) is 22.2 Å². The summed E-state index contributed by atoms with van der Waals surface area (Å²) in [6.07, 6.45) is 0. The molecule has 0 bridgehead atoms. The second kappa shape index (κ2) is 4.66. The Balaban J connectivity index is 3.21. The van der Waals surface area contributed by atoms with Crippen LogP contribution in [0.5, 0.6) is 5.75 Å². The van der Waals surface area contributed by atoms with Crippen molar-refractivity contribution in [3.63, 3.8) is 0 Å². The third-order valence-corrected chi connectivity index (χ3v) is 2.61. The third kappa shape index (κ3) is 2.19. The van der Waals surface area contributed by atoms with E-state index in [1.807, 2.05) is 0 Å². The van der Waals surface area contributed by atoms with Gasteiger partial charge in [0.2, 0.25) is 0 Å². The van der Waals surface area contributed by atoms with Gasteiger partial charge < -0.3 is 10.5 Å². The van der Waals surface area contributed by atoms with Crippen LogP contribution in [0.2, 0.25) is 0 Å². The van der Waals surface area contributed by atoms with Crippen molar-refractivity contribution >= 4 is 39.0 Å². The van der Waals surface area contributed by atoms with Crippen LogP contribution in [0.4, 0.5) is 5.69 Å². The van der Waals surface area contributed by atoms with Crippen LogP contribution >= 0.6 is 27.5 Å². The van der Waals surface area contributed by atoms with Crippen LogP contribution in [-0.2, 0) is 0 Å². The lowest BCUT2D eigenvalue weighted by atomic mass is 10.1. The lowest BCUT2D eigenvalue weighted by Gasteiger charge is -2.08. The molecule has 0 radical (unpaired) electrons. The zero-order chi connectivity index (χ0) is 10.7. The molecule has 0 aliphatic rings. The predicted octanol–water partition coefficient (Wildman–Crippen LogP) is 2.46. The number of methoxy groups -OCH3 is 1. The first-order chi connectivity index (χ1) is 6.60. The average molecular weight is 279 g/mol. The summed E-state index contributed by atoms with van der Waals surface area (Å²) < 4.78 is 5.71.